The Bertz CT molecular complexity index is 860. The maximum Gasteiger partial charge on any atom is 0.228 e. The standard InChI is InChI=1S/C19H16O4/c1-12-16-8-7-14(21-10-15-11-22-15)9-17(16)23-19(12)18(20)13-5-3-2-4-6-13/h2-9,15H,10-11H2,1H3. The van der Waals surface area contributed by atoms with E-state index in [-0.39, 0.29) is 11.9 Å². The average molecular weight is 308 g/mol. The molecular formula is C19H16O4. The van der Waals surface area contributed by atoms with Gasteiger partial charge in [0, 0.05) is 22.6 Å². The van der Waals surface area contributed by atoms with E-state index in [0.29, 0.717) is 23.5 Å². The van der Waals surface area contributed by atoms with Crippen molar-refractivity contribution >= 4 is 16.8 Å². The van der Waals surface area contributed by atoms with Gasteiger partial charge in [0.2, 0.25) is 5.78 Å². The topological polar surface area (TPSA) is 52.0 Å². The van der Waals surface area contributed by atoms with Gasteiger partial charge in [-0.05, 0) is 19.1 Å². The fourth-order valence-corrected chi connectivity index (χ4v) is 2.59. The molecule has 23 heavy (non-hydrogen) atoms. The summed E-state index contributed by atoms with van der Waals surface area (Å²) in [5.74, 6) is 1.00. The van der Waals surface area contributed by atoms with E-state index in [9.17, 15) is 4.79 Å². The van der Waals surface area contributed by atoms with Crippen LogP contribution >= 0.6 is 0 Å². The second-order valence-corrected chi connectivity index (χ2v) is 5.68. The number of furan rings is 1. The second-order valence-electron chi connectivity index (χ2n) is 5.68. The van der Waals surface area contributed by atoms with Crippen LogP contribution in [0, 0.1) is 6.92 Å². The Kier molecular flexibility index (Phi) is 3.39. The van der Waals surface area contributed by atoms with Crippen molar-refractivity contribution < 1.29 is 18.7 Å². The first-order valence-electron chi connectivity index (χ1n) is 7.59. The van der Waals surface area contributed by atoms with Gasteiger partial charge in [-0.2, -0.15) is 0 Å². The fourth-order valence-electron chi connectivity index (χ4n) is 2.59. The molecule has 3 aromatic rings. The van der Waals surface area contributed by atoms with Crippen LogP contribution in [0.3, 0.4) is 0 Å². The van der Waals surface area contributed by atoms with Gasteiger partial charge >= 0.3 is 0 Å². The molecule has 0 bridgehead atoms. The van der Waals surface area contributed by atoms with Crippen LogP contribution in [0.1, 0.15) is 21.7 Å². The van der Waals surface area contributed by atoms with Crippen LogP contribution in [0.4, 0.5) is 0 Å². The number of benzene rings is 2. The molecule has 1 saturated heterocycles. The van der Waals surface area contributed by atoms with Crippen LogP contribution in [0.15, 0.2) is 52.9 Å². The van der Waals surface area contributed by atoms with Gasteiger partial charge in [0.05, 0.1) is 6.61 Å². The van der Waals surface area contributed by atoms with E-state index < -0.39 is 0 Å². The number of carbonyl (C=O) groups is 1. The molecule has 1 aliphatic heterocycles. The summed E-state index contributed by atoms with van der Waals surface area (Å²) >= 11 is 0. The molecule has 4 nitrogen and oxygen atoms in total. The monoisotopic (exact) mass is 308 g/mol. The molecule has 0 radical (unpaired) electrons. The van der Waals surface area contributed by atoms with Crippen molar-refractivity contribution in [2.45, 2.75) is 13.0 Å². The summed E-state index contributed by atoms with van der Waals surface area (Å²) in [6, 6.07) is 14.8. The normalized spacial score (nSPS) is 16.5. The molecule has 0 aliphatic carbocycles. The van der Waals surface area contributed by atoms with Gasteiger partial charge in [0.1, 0.15) is 24.0 Å². The molecule has 0 amide bonds. The van der Waals surface area contributed by atoms with Crippen molar-refractivity contribution in [3.05, 3.63) is 65.4 Å². The third-order valence-electron chi connectivity index (χ3n) is 3.99. The lowest BCUT2D eigenvalue weighted by Crippen LogP contribution is -2.03. The van der Waals surface area contributed by atoms with Crippen molar-refractivity contribution in [2.75, 3.05) is 13.2 Å². The highest BCUT2D eigenvalue weighted by atomic mass is 16.6. The molecule has 116 valence electrons. The minimum Gasteiger partial charge on any atom is -0.491 e. The predicted octanol–water partition coefficient (Wildman–Crippen LogP) is 3.75. The Balaban J connectivity index is 1.67. The van der Waals surface area contributed by atoms with Gasteiger partial charge in [-0.25, -0.2) is 0 Å². The smallest absolute Gasteiger partial charge is 0.228 e. The van der Waals surface area contributed by atoms with E-state index >= 15 is 0 Å². The van der Waals surface area contributed by atoms with E-state index in [1.165, 1.54) is 0 Å². The van der Waals surface area contributed by atoms with Crippen LogP contribution < -0.4 is 4.74 Å². The SMILES string of the molecule is Cc1c(C(=O)c2ccccc2)oc2cc(OCC3CO3)ccc12. The maximum absolute atomic E-state index is 12.6. The molecule has 4 heteroatoms. The minimum atomic E-state index is -0.104. The van der Waals surface area contributed by atoms with Gasteiger partial charge in [-0.1, -0.05) is 30.3 Å². The minimum absolute atomic E-state index is 0.104. The summed E-state index contributed by atoms with van der Waals surface area (Å²) in [7, 11) is 0. The summed E-state index contributed by atoms with van der Waals surface area (Å²) in [6.45, 7) is 3.21. The number of epoxide rings is 1. The first kappa shape index (κ1) is 14.0. The lowest BCUT2D eigenvalue weighted by molar-refractivity contribution is 0.101. The molecule has 1 fully saturated rings. The third-order valence-corrected chi connectivity index (χ3v) is 3.99. The Hall–Kier alpha value is -2.59. The summed E-state index contributed by atoms with van der Waals surface area (Å²) in [6.07, 6.45) is 0.208. The van der Waals surface area contributed by atoms with E-state index in [1.807, 2.05) is 43.3 Å². The van der Waals surface area contributed by atoms with E-state index in [1.54, 1.807) is 12.1 Å². The Morgan fingerprint density at radius 2 is 2.00 bits per heavy atom. The zero-order valence-corrected chi connectivity index (χ0v) is 12.7. The summed E-state index contributed by atoms with van der Waals surface area (Å²) < 4.78 is 16.6. The second kappa shape index (κ2) is 5.56. The third kappa shape index (κ3) is 2.73. The Labute approximate surface area is 133 Å². The number of ketones is 1. The molecule has 1 atom stereocenters. The van der Waals surface area contributed by atoms with Crippen molar-refractivity contribution in [2.24, 2.45) is 0 Å². The van der Waals surface area contributed by atoms with Crippen molar-refractivity contribution in [1.82, 2.24) is 0 Å². The predicted molar refractivity (Wildman–Crippen MR) is 86.1 cm³/mol. The first-order chi connectivity index (χ1) is 11.2. The summed E-state index contributed by atoms with van der Waals surface area (Å²) in [5.41, 5.74) is 2.14. The lowest BCUT2D eigenvalue weighted by atomic mass is 10.0. The maximum atomic E-state index is 12.6. The van der Waals surface area contributed by atoms with E-state index in [2.05, 4.69) is 0 Å². The van der Waals surface area contributed by atoms with Crippen LogP contribution in [-0.2, 0) is 4.74 Å². The van der Waals surface area contributed by atoms with Crippen LogP contribution in [0.25, 0.3) is 11.0 Å². The highest BCUT2D eigenvalue weighted by molar-refractivity contribution is 6.10. The largest absolute Gasteiger partial charge is 0.491 e. The van der Waals surface area contributed by atoms with Gasteiger partial charge in [0.15, 0.2) is 5.76 Å². The van der Waals surface area contributed by atoms with E-state index in [4.69, 9.17) is 13.9 Å². The molecule has 0 saturated carbocycles. The number of ether oxygens (including phenoxy) is 2. The molecule has 0 spiro atoms. The molecular weight excluding hydrogens is 292 g/mol. The number of fused-ring (bicyclic) bond motifs is 1. The summed E-state index contributed by atoms with van der Waals surface area (Å²) in [5, 5.41) is 0.930. The molecule has 2 aromatic carbocycles. The quantitative estimate of drug-likeness (QED) is 0.532. The van der Waals surface area contributed by atoms with Crippen LogP contribution in [0.5, 0.6) is 5.75 Å². The highest BCUT2D eigenvalue weighted by Crippen LogP contribution is 2.30. The zero-order chi connectivity index (χ0) is 15.8. The zero-order valence-electron chi connectivity index (χ0n) is 12.7. The van der Waals surface area contributed by atoms with Crippen LogP contribution in [-0.4, -0.2) is 25.1 Å². The number of hydrogen-bond donors (Lipinski definition) is 0. The van der Waals surface area contributed by atoms with E-state index in [0.717, 1.165) is 23.3 Å². The Morgan fingerprint density at radius 3 is 2.74 bits per heavy atom. The molecule has 1 aliphatic rings. The van der Waals surface area contributed by atoms with Crippen LogP contribution in [0.2, 0.25) is 0 Å². The highest BCUT2D eigenvalue weighted by Gasteiger charge is 2.23. The molecule has 4 rings (SSSR count). The first-order valence-corrected chi connectivity index (χ1v) is 7.59. The Morgan fingerprint density at radius 1 is 1.22 bits per heavy atom. The van der Waals surface area contributed by atoms with Gasteiger partial charge in [0.25, 0.3) is 0 Å². The summed E-state index contributed by atoms with van der Waals surface area (Å²) in [4.78, 5) is 12.6. The van der Waals surface area contributed by atoms with Gasteiger partial charge in [-0.15, -0.1) is 0 Å². The van der Waals surface area contributed by atoms with Gasteiger partial charge < -0.3 is 13.9 Å². The van der Waals surface area contributed by atoms with Crippen molar-refractivity contribution in [1.29, 1.82) is 0 Å². The number of aryl methyl sites for hydroxylation is 1. The lowest BCUT2D eigenvalue weighted by Gasteiger charge is -2.03. The molecule has 1 unspecified atom stereocenters. The van der Waals surface area contributed by atoms with Crippen molar-refractivity contribution in [3.8, 4) is 5.75 Å². The average Bonchev–Trinajstić information content (AvgIpc) is 3.37. The molecule has 0 N–H and O–H groups in total. The molecule has 1 aromatic heterocycles. The molecule has 2 heterocycles. The number of carbonyl (C=O) groups excluding carboxylic acids is 1. The number of rotatable bonds is 5. The number of hydrogen-bond acceptors (Lipinski definition) is 4. The van der Waals surface area contributed by atoms with Crippen molar-refractivity contribution in [3.63, 3.8) is 0 Å². The van der Waals surface area contributed by atoms with Gasteiger partial charge in [-0.3, -0.25) is 4.79 Å². The fraction of sp³-hybridized carbons (Fsp3) is 0.211.